The van der Waals surface area contributed by atoms with Gasteiger partial charge in [-0.25, -0.2) is 17.2 Å². The first kappa shape index (κ1) is 25.3. The molecule has 192 valence electrons. The molecule has 12 heteroatoms. The molecule has 1 saturated heterocycles. The Bertz CT molecular complexity index is 1380. The fourth-order valence-corrected chi connectivity index (χ4v) is 5.40. The summed E-state index contributed by atoms with van der Waals surface area (Å²) >= 11 is 0. The van der Waals surface area contributed by atoms with E-state index in [9.17, 15) is 18.0 Å². The molecule has 0 aliphatic carbocycles. The summed E-state index contributed by atoms with van der Waals surface area (Å²) in [6.45, 7) is 1.91. The second kappa shape index (κ2) is 10.5. The highest BCUT2D eigenvalue weighted by molar-refractivity contribution is 7.90. The van der Waals surface area contributed by atoms with Gasteiger partial charge in [0.05, 0.1) is 37.8 Å². The summed E-state index contributed by atoms with van der Waals surface area (Å²) in [5.74, 6) is -0.253. The van der Waals surface area contributed by atoms with Crippen LogP contribution in [0.3, 0.4) is 0 Å². The molecule has 0 spiro atoms. The molecule has 0 bridgehead atoms. The van der Waals surface area contributed by atoms with Gasteiger partial charge in [-0.05, 0) is 42.3 Å². The lowest BCUT2D eigenvalue weighted by molar-refractivity contribution is -0.136. The van der Waals surface area contributed by atoms with Crippen LogP contribution in [0.25, 0.3) is 10.9 Å². The molecule has 3 aromatic rings. The first-order chi connectivity index (χ1) is 17.2. The standard InChI is InChI=1S/C24H27N3O8S/c1-33-21-13-19-16(3-8-23(28)29)15-27(20(19)14-22(21)34-2)36(31,32)18-6-4-17(5-7-18)25-24(30)26-9-11-35-12-10-26/h4-7,13-15H,3,8-12H2,1-2H3,(H,25,30)(H,28,29). The Labute approximate surface area is 208 Å². The van der Waals surface area contributed by atoms with E-state index in [1.165, 1.54) is 44.7 Å². The number of urea groups is 1. The molecule has 11 nitrogen and oxygen atoms in total. The van der Waals surface area contributed by atoms with Crippen LogP contribution in [-0.4, -0.2) is 74.9 Å². The molecule has 0 saturated carbocycles. The van der Waals surface area contributed by atoms with Crippen LogP contribution >= 0.6 is 0 Å². The van der Waals surface area contributed by atoms with Gasteiger partial charge in [0.25, 0.3) is 10.0 Å². The van der Waals surface area contributed by atoms with Crippen molar-refractivity contribution in [2.75, 3.05) is 45.8 Å². The molecule has 2 amide bonds. The summed E-state index contributed by atoms with van der Waals surface area (Å²) < 4.78 is 44.3. The topological polar surface area (TPSA) is 136 Å². The van der Waals surface area contributed by atoms with E-state index in [0.29, 0.717) is 60.0 Å². The number of hydrogen-bond acceptors (Lipinski definition) is 7. The second-order valence-corrected chi connectivity index (χ2v) is 9.94. The SMILES string of the molecule is COc1cc2c(CCC(=O)O)cn(S(=O)(=O)c3ccc(NC(=O)N4CCOCC4)cc3)c2cc1OC. The van der Waals surface area contributed by atoms with Crippen LogP contribution in [0.2, 0.25) is 0 Å². The van der Waals surface area contributed by atoms with Crippen LogP contribution in [0.1, 0.15) is 12.0 Å². The average Bonchev–Trinajstić information content (AvgIpc) is 3.25. The fourth-order valence-electron chi connectivity index (χ4n) is 4.02. The van der Waals surface area contributed by atoms with Gasteiger partial charge in [-0.15, -0.1) is 0 Å². The number of nitrogens with zero attached hydrogens (tertiary/aromatic N) is 2. The molecule has 0 unspecified atom stereocenters. The number of carboxylic acids is 1. The summed E-state index contributed by atoms with van der Waals surface area (Å²) in [7, 11) is -1.15. The maximum Gasteiger partial charge on any atom is 0.321 e. The van der Waals surface area contributed by atoms with E-state index < -0.39 is 16.0 Å². The lowest BCUT2D eigenvalue weighted by atomic mass is 10.1. The molecule has 2 aromatic carbocycles. The summed E-state index contributed by atoms with van der Waals surface area (Å²) in [6, 6.07) is 8.77. The van der Waals surface area contributed by atoms with Gasteiger partial charge < -0.3 is 29.5 Å². The number of aliphatic carboxylic acids is 1. The molecular weight excluding hydrogens is 490 g/mol. The number of rotatable bonds is 8. The van der Waals surface area contributed by atoms with Gasteiger partial charge in [0.15, 0.2) is 11.5 Å². The van der Waals surface area contributed by atoms with Crippen LogP contribution in [0, 0.1) is 0 Å². The maximum absolute atomic E-state index is 13.6. The number of carboxylic acid groups (broad SMARTS) is 1. The number of aromatic nitrogens is 1. The van der Waals surface area contributed by atoms with Crippen LogP contribution in [0.4, 0.5) is 10.5 Å². The van der Waals surface area contributed by atoms with E-state index in [2.05, 4.69) is 5.32 Å². The zero-order chi connectivity index (χ0) is 25.9. The predicted octanol–water partition coefficient (Wildman–Crippen LogP) is 2.78. The van der Waals surface area contributed by atoms with Gasteiger partial charge in [-0.2, -0.15) is 0 Å². The third kappa shape index (κ3) is 5.09. The summed E-state index contributed by atoms with van der Waals surface area (Å²) in [4.78, 5) is 25.2. The molecule has 1 aliphatic rings. The average molecular weight is 518 g/mol. The van der Waals surface area contributed by atoms with E-state index in [1.807, 2.05) is 0 Å². The maximum atomic E-state index is 13.6. The van der Waals surface area contributed by atoms with Crippen molar-refractivity contribution in [1.82, 2.24) is 8.87 Å². The van der Waals surface area contributed by atoms with E-state index >= 15 is 0 Å². The zero-order valence-corrected chi connectivity index (χ0v) is 20.7. The zero-order valence-electron chi connectivity index (χ0n) is 19.9. The number of amides is 2. The molecule has 1 fully saturated rings. The van der Waals surface area contributed by atoms with Gasteiger partial charge in [-0.1, -0.05) is 0 Å². The molecule has 0 radical (unpaired) electrons. The van der Waals surface area contributed by atoms with E-state index in [0.717, 1.165) is 3.97 Å². The highest BCUT2D eigenvalue weighted by Crippen LogP contribution is 2.36. The van der Waals surface area contributed by atoms with E-state index in [4.69, 9.17) is 19.3 Å². The number of methoxy groups -OCH3 is 2. The number of aryl methyl sites for hydroxylation is 1. The van der Waals surface area contributed by atoms with Gasteiger partial charge >= 0.3 is 12.0 Å². The third-order valence-corrected chi connectivity index (χ3v) is 7.62. The van der Waals surface area contributed by atoms with Crippen LogP contribution in [0.5, 0.6) is 11.5 Å². The number of morpholine rings is 1. The van der Waals surface area contributed by atoms with Crippen molar-refractivity contribution in [1.29, 1.82) is 0 Å². The molecule has 36 heavy (non-hydrogen) atoms. The highest BCUT2D eigenvalue weighted by atomic mass is 32.2. The first-order valence-corrected chi connectivity index (χ1v) is 12.7. The van der Waals surface area contributed by atoms with Crippen LogP contribution < -0.4 is 14.8 Å². The van der Waals surface area contributed by atoms with Crippen molar-refractivity contribution in [3.05, 3.63) is 48.2 Å². The van der Waals surface area contributed by atoms with Gasteiger partial charge in [0.1, 0.15) is 0 Å². The minimum atomic E-state index is -4.06. The molecule has 2 N–H and O–H groups in total. The minimum Gasteiger partial charge on any atom is -0.493 e. The van der Waals surface area contributed by atoms with Crippen LogP contribution in [-0.2, 0) is 26.0 Å². The summed E-state index contributed by atoms with van der Waals surface area (Å²) in [5, 5.41) is 12.4. The van der Waals surface area contributed by atoms with Crippen molar-refractivity contribution in [3.63, 3.8) is 0 Å². The molecule has 4 rings (SSSR count). The van der Waals surface area contributed by atoms with Crippen molar-refractivity contribution in [3.8, 4) is 11.5 Å². The first-order valence-electron chi connectivity index (χ1n) is 11.2. The van der Waals surface area contributed by atoms with Gasteiger partial charge in [0, 0.05) is 42.8 Å². The number of fused-ring (bicyclic) bond motifs is 1. The Hall–Kier alpha value is -3.77. The summed E-state index contributed by atoms with van der Waals surface area (Å²) in [5.41, 5.74) is 1.33. The minimum absolute atomic E-state index is 0.00309. The Morgan fingerprint density at radius 1 is 1.06 bits per heavy atom. The molecule has 1 aromatic heterocycles. The molecular formula is C24H27N3O8S. The predicted molar refractivity (Wildman–Crippen MR) is 131 cm³/mol. The number of benzene rings is 2. The van der Waals surface area contributed by atoms with Gasteiger partial charge in [0.2, 0.25) is 0 Å². The van der Waals surface area contributed by atoms with Crippen molar-refractivity contribution < 1.29 is 37.3 Å². The Morgan fingerprint density at radius 3 is 2.31 bits per heavy atom. The number of ether oxygens (including phenoxy) is 3. The molecule has 0 atom stereocenters. The van der Waals surface area contributed by atoms with Crippen molar-refractivity contribution >= 4 is 38.6 Å². The molecule has 1 aliphatic heterocycles. The van der Waals surface area contributed by atoms with Crippen molar-refractivity contribution in [2.45, 2.75) is 17.7 Å². The number of anilines is 1. The van der Waals surface area contributed by atoms with Crippen molar-refractivity contribution in [2.24, 2.45) is 0 Å². The second-order valence-electron chi connectivity index (χ2n) is 8.13. The number of nitrogens with one attached hydrogen (secondary N) is 1. The normalized spacial score (nSPS) is 14.0. The largest absolute Gasteiger partial charge is 0.493 e. The molecule has 2 heterocycles. The highest BCUT2D eigenvalue weighted by Gasteiger charge is 2.24. The lowest BCUT2D eigenvalue weighted by Gasteiger charge is -2.26. The monoisotopic (exact) mass is 517 g/mol. The Balaban J connectivity index is 1.68. The van der Waals surface area contributed by atoms with E-state index in [-0.39, 0.29) is 23.8 Å². The summed E-state index contributed by atoms with van der Waals surface area (Å²) in [6.07, 6.45) is 1.40. The van der Waals surface area contributed by atoms with Gasteiger partial charge in [-0.3, -0.25) is 4.79 Å². The number of carbonyl (C=O) groups excluding carboxylic acids is 1. The quantitative estimate of drug-likeness (QED) is 0.466. The number of hydrogen-bond donors (Lipinski definition) is 2. The third-order valence-electron chi connectivity index (χ3n) is 5.93. The lowest BCUT2D eigenvalue weighted by Crippen LogP contribution is -2.43. The Kier molecular flexibility index (Phi) is 7.36. The smallest absolute Gasteiger partial charge is 0.321 e. The van der Waals surface area contributed by atoms with E-state index in [1.54, 1.807) is 17.0 Å². The van der Waals surface area contributed by atoms with Crippen LogP contribution in [0.15, 0.2) is 47.5 Å². The fraction of sp³-hybridized carbons (Fsp3) is 0.333. The Morgan fingerprint density at radius 2 is 1.69 bits per heavy atom. The number of carbonyl (C=O) groups is 2.